The van der Waals surface area contributed by atoms with E-state index in [-0.39, 0.29) is 12.0 Å². The summed E-state index contributed by atoms with van der Waals surface area (Å²) in [6.07, 6.45) is 5.21. The van der Waals surface area contributed by atoms with E-state index < -0.39 is 0 Å². The predicted octanol–water partition coefficient (Wildman–Crippen LogP) is 1.87. The van der Waals surface area contributed by atoms with Crippen LogP contribution in [0.4, 0.5) is 0 Å². The lowest BCUT2D eigenvalue weighted by atomic mass is 9.89. The van der Waals surface area contributed by atoms with Gasteiger partial charge in [0, 0.05) is 32.0 Å². The summed E-state index contributed by atoms with van der Waals surface area (Å²) < 4.78 is 1.88. The molecule has 104 valence electrons. The smallest absolute Gasteiger partial charge is 0.0666 e. The van der Waals surface area contributed by atoms with Crippen LogP contribution in [0.2, 0.25) is 0 Å². The largest absolute Gasteiger partial charge is 0.396 e. The lowest BCUT2D eigenvalue weighted by molar-refractivity contribution is 0.148. The fourth-order valence-electron chi connectivity index (χ4n) is 2.02. The average molecular weight is 253 g/mol. The van der Waals surface area contributed by atoms with Gasteiger partial charge in [0.25, 0.3) is 0 Å². The van der Waals surface area contributed by atoms with Crippen LogP contribution in [0.15, 0.2) is 6.20 Å². The van der Waals surface area contributed by atoms with Gasteiger partial charge in [-0.05, 0) is 31.2 Å². The maximum atomic E-state index is 9.17. The highest BCUT2D eigenvalue weighted by molar-refractivity contribution is 5.16. The van der Waals surface area contributed by atoms with Crippen molar-refractivity contribution in [2.24, 2.45) is 12.5 Å². The van der Waals surface area contributed by atoms with Crippen molar-refractivity contribution in [3.8, 4) is 0 Å². The Morgan fingerprint density at radius 3 is 2.78 bits per heavy atom. The molecule has 0 aliphatic carbocycles. The third-order valence-corrected chi connectivity index (χ3v) is 3.28. The van der Waals surface area contributed by atoms with Gasteiger partial charge in [0.1, 0.15) is 0 Å². The minimum absolute atomic E-state index is 0.0462. The summed E-state index contributed by atoms with van der Waals surface area (Å²) >= 11 is 0. The van der Waals surface area contributed by atoms with Crippen molar-refractivity contribution in [2.75, 3.05) is 13.2 Å². The first-order valence-corrected chi connectivity index (χ1v) is 6.81. The number of nitrogens with one attached hydrogen (secondary N) is 1. The lowest BCUT2D eigenvalue weighted by Crippen LogP contribution is -2.21. The van der Waals surface area contributed by atoms with Gasteiger partial charge in [0.05, 0.1) is 5.69 Å². The summed E-state index contributed by atoms with van der Waals surface area (Å²) in [6.45, 7) is 8.47. The molecule has 1 aromatic heterocycles. The Kier molecular flexibility index (Phi) is 5.82. The van der Waals surface area contributed by atoms with Crippen molar-refractivity contribution in [3.63, 3.8) is 0 Å². The Hall–Kier alpha value is -0.870. The number of hydrogen-bond donors (Lipinski definition) is 2. The number of hydrogen-bond acceptors (Lipinski definition) is 3. The molecule has 0 spiro atoms. The zero-order valence-electron chi connectivity index (χ0n) is 12.2. The van der Waals surface area contributed by atoms with Crippen molar-refractivity contribution in [1.82, 2.24) is 15.1 Å². The highest BCUT2D eigenvalue weighted by Gasteiger charge is 2.15. The van der Waals surface area contributed by atoms with E-state index in [9.17, 15) is 0 Å². The van der Waals surface area contributed by atoms with Crippen molar-refractivity contribution in [1.29, 1.82) is 0 Å². The predicted molar refractivity (Wildman–Crippen MR) is 74.4 cm³/mol. The van der Waals surface area contributed by atoms with E-state index in [1.807, 2.05) is 11.7 Å². The van der Waals surface area contributed by atoms with Gasteiger partial charge in [0.2, 0.25) is 0 Å². The van der Waals surface area contributed by atoms with Gasteiger partial charge in [-0.2, -0.15) is 5.10 Å². The van der Waals surface area contributed by atoms with Crippen molar-refractivity contribution < 1.29 is 5.11 Å². The second-order valence-electron chi connectivity index (χ2n) is 5.73. The molecule has 2 N–H and O–H groups in total. The molecule has 0 saturated carbocycles. The number of aliphatic hydroxyl groups is 1. The third-order valence-electron chi connectivity index (χ3n) is 3.28. The maximum absolute atomic E-state index is 9.17. The van der Waals surface area contributed by atoms with Gasteiger partial charge in [-0.3, -0.25) is 4.68 Å². The number of rotatable bonds is 8. The fraction of sp³-hybridized carbons (Fsp3) is 0.786. The molecule has 0 saturated heterocycles. The van der Waals surface area contributed by atoms with Crippen LogP contribution < -0.4 is 5.32 Å². The zero-order valence-corrected chi connectivity index (χ0v) is 12.2. The number of aliphatic hydroxyl groups excluding tert-OH is 1. The Bertz CT molecular complexity index is 358. The Balaban J connectivity index is 2.25. The highest BCUT2D eigenvalue weighted by Crippen LogP contribution is 2.20. The first kappa shape index (κ1) is 15.2. The molecule has 1 heterocycles. The van der Waals surface area contributed by atoms with E-state index in [0.717, 1.165) is 32.4 Å². The van der Waals surface area contributed by atoms with Crippen LogP contribution in [0.1, 0.15) is 44.9 Å². The van der Waals surface area contributed by atoms with Crippen molar-refractivity contribution >= 4 is 0 Å². The maximum Gasteiger partial charge on any atom is 0.0666 e. The van der Waals surface area contributed by atoms with E-state index in [2.05, 4.69) is 37.4 Å². The molecule has 0 fully saturated rings. The molecule has 0 unspecified atom stereocenters. The Morgan fingerprint density at radius 2 is 2.17 bits per heavy atom. The van der Waals surface area contributed by atoms with E-state index in [1.165, 1.54) is 11.3 Å². The molecule has 0 atom stereocenters. The van der Waals surface area contributed by atoms with E-state index >= 15 is 0 Å². The molecule has 0 aliphatic rings. The number of aryl methyl sites for hydroxylation is 2. The van der Waals surface area contributed by atoms with E-state index in [4.69, 9.17) is 5.11 Å². The SMILES string of the molecule is CCc1nn(C)cc1CNCCCC(C)(C)CO. The van der Waals surface area contributed by atoms with Gasteiger partial charge in [0.15, 0.2) is 0 Å². The summed E-state index contributed by atoms with van der Waals surface area (Å²) in [5.41, 5.74) is 2.52. The van der Waals surface area contributed by atoms with Crippen LogP contribution in [0, 0.1) is 5.41 Å². The molecule has 4 nitrogen and oxygen atoms in total. The molecule has 4 heteroatoms. The van der Waals surface area contributed by atoms with Crippen molar-refractivity contribution in [2.45, 2.75) is 46.6 Å². The molecule has 18 heavy (non-hydrogen) atoms. The topological polar surface area (TPSA) is 50.1 Å². The minimum atomic E-state index is 0.0462. The summed E-state index contributed by atoms with van der Waals surface area (Å²) in [6, 6.07) is 0. The molecular formula is C14H27N3O. The minimum Gasteiger partial charge on any atom is -0.396 e. The molecule has 0 radical (unpaired) electrons. The second-order valence-corrected chi connectivity index (χ2v) is 5.73. The normalized spacial score (nSPS) is 12.1. The molecule has 1 rings (SSSR count). The standard InChI is InChI=1S/C14H27N3O/c1-5-13-12(10-17(4)16-13)9-15-8-6-7-14(2,3)11-18/h10,15,18H,5-9,11H2,1-4H3. The third kappa shape index (κ3) is 4.78. The van der Waals surface area contributed by atoms with Gasteiger partial charge < -0.3 is 10.4 Å². The molecule has 0 aromatic carbocycles. The number of aromatic nitrogens is 2. The lowest BCUT2D eigenvalue weighted by Gasteiger charge is -2.21. The monoisotopic (exact) mass is 253 g/mol. The van der Waals surface area contributed by atoms with Crippen LogP contribution >= 0.6 is 0 Å². The number of nitrogens with zero attached hydrogens (tertiary/aromatic N) is 2. The zero-order chi connectivity index (χ0) is 13.6. The van der Waals surface area contributed by atoms with Crippen molar-refractivity contribution in [3.05, 3.63) is 17.5 Å². The molecular weight excluding hydrogens is 226 g/mol. The summed E-state index contributed by atoms with van der Waals surface area (Å²) in [7, 11) is 1.96. The van der Waals surface area contributed by atoms with Gasteiger partial charge >= 0.3 is 0 Å². The van der Waals surface area contributed by atoms with Gasteiger partial charge in [-0.25, -0.2) is 0 Å². The quantitative estimate of drug-likeness (QED) is 0.695. The van der Waals surface area contributed by atoms with Crippen LogP contribution in [0.25, 0.3) is 0 Å². The average Bonchev–Trinajstić information content (AvgIpc) is 2.69. The van der Waals surface area contributed by atoms with Gasteiger partial charge in [-0.1, -0.05) is 20.8 Å². The van der Waals surface area contributed by atoms with E-state index in [1.54, 1.807) is 0 Å². The van der Waals surface area contributed by atoms with Gasteiger partial charge in [-0.15, -0.1) is 0 Å². The van der Waals surface area contributed by atoms with Crippen LogP contribution in [0.3, 0.4) is 0 Å². The van der Waals surface area contributed by atoms with E-state index in [0.29, 0.717) is 0 Å². The van der Waals surface area contributed by atoms with Crippen LogP contribution in [-0.2, 0) is 20.0 Å². The summed E-state index contributed by atoms with van der Waals surface area (Å²) in [5, 5.41) is 17.0. The molecule has 0 aliphatic heterocycles. The van der Waals surface area contributed by atoms with Crippen LogP contribution in [-0.4, -0.2) is 28.0 Å². The summed E-state index contributed by atoms with van der Waals surface area (Å²) in [5.74, 6) is 0. The first-order chi connectivity index (χ1) is 8.48. The fourth-order valence-corrected chi connectivity index (χ4v) is 2.02. The first-order valence-electron chi connectivity index (χ1n) is 6.81. The highest BCUT2D eigenvalue weighted by atomic mass is 16.3. The molecule has 1 aromatic rings. The Morgan fingerprint density at radius 1 is 1.44 bits per heavy atom. The molecule has 0 bridgehead atoms. The Labute approximate surface area is 110 Å². The van der Waals surface area contributed by atoms with Crippen LogP contribution in [0.5, 0.6) is 0 Å². The molecule has 0 amide bonds. The second kappa shape index (κ2) is 6.90. The summed E-state index contributed by atoms with van der Waals surface area (Å²) in [4.78, 5) is 0.